The molecule has 1 saturated heterocycles. The molecule has 0 aliphatic carbocycles. The second kappa shape index (κ2) is 8.57. The van der Waals surface area contributed by atoms with E-state index in [2.05, 4.69) is 15.0 Å². The predicted octanol–water partition coefficient (Wildman–Crippen LogP) is 0.806. The van der Waals surface area contributed by atoms with Gasteiger partial charge in [0.25, 0.3) is 0 Å². The molecule has 0 atom stereocenters. The van der Waals surface area contributed by atoms with Crippen molar-refractivity contribution in [2.45, 2.75) is 25.0 Å². The highest BCUT2D eigenvalue weighted by atomic mass is 32.2. The number of ether oxygens (including phenoxy) is 2. The summed E-state index contributed by atoms with van der Waals surface area (Å²) in [6.45, 7) is 3.74. The van der Waals surface area contributed by atoms with E-state index in [-0.39, 0.29) is 23.0 Å². The lowest BCUT2D eigenvalue weighted by Crippen LogP contribution is -2.40. The van der Waals surface area contributed by atoms with Crippen LogP contribution in [0.15, 0.2) is 35.5 Å². The number of nitrogens with zero attached hydrogens (tertiary/aromatic N) is 5. The summed E-state index contributed by atoms with van der Waals surface area (Å²) in [7, 11) is -3.64. The SMILES string of the molecule is CCn1c(COC(=O)c2nccnc2N)nc2cc(S(=O)(=O)N3CCOCC3)ccc21. The minimum Gasteiger partial charge on any atom is -0.453 e. The number of carbonyl (C=O) groups excluding carboxylic acids is 1. The average molecular weight is 446 g/mol. The molecule has 2 N–H and O–H groups in total. The zero-order valence-electron chi connectivity index (χ0n) is 16.9. The van der Waals surface area contributed by atoms with Gasteiger partial charge in [-0.25, -0.2) is 28.2 Å². The summed E-state index contributed by atoms with van der Waals surface area (Å²) in [4.78, 5) is 24.7. The predicted molar refractivity (Wildman–Crippen MR) is 111 cm³/mol. The molecule has 0 saturated carbocycles. The molecule has 1 aromatic carbocycles. The Labute approximate surface area is 178 Å². The Balaban J connectivity index is 1.60. The molecule has 31 heavy (non-hydrogen) atoms. The first-order chi connectivity index (χ1) is 14.9. The van der Waals surface area contributed by atoms with Gasteiger partial charge in [-0.3, -0.25) is 0 Å². The summed E-state index contributed by atoms with van der Waals surface area (Å²) in [6.07, 6.45) is 2.73. The van der Waals surface area contributed by atoms with Crippen molar-refractivity contribution in [3.8, 4) is 0 Å². The smallest absolute Gasteiger partial charge is 0.361 e. The van der Waals surface area contributed by atoms with Crippen molar-refractivity contribution in [3.63, 3.8) is 0 Å². The van der Waals surface area contributed by atoms with Crippen LogP contribution >= 0.6 is 0 Å². The molecule has 1 aliphatic rings. The molecule has 0 amide bonds. The van der Waals surface area contributed by atoms with E-state index >= 15 is 0 Å². The first kappa shape index (κ1) is 21.2. The topological polar surface area (TPSA) is 143 Å². The van der Waals surface area contributed by atoms with Crippen molar-refractivity contribution in [1.29, 1.82) is 0 Å². The van der Waals surface area contributed by atoms with Crippen molar-refractivity contribution in [2.24, 2.45) is 0 Å². The van der Waals surface area contributed by atoms with E-state index < -0.39 is 16.0 Å². The number of morpholine rings is 1. The number of carbonyl (C=O) groups is 1. The molecule has 2 aromatic heterocycles. The molecule has 1 aliphatic heterocycles. The highest BCUT2D eigenvalue weighted by Crippen LogP contribution is 2.24. The zero-order valence-corrected chi connectivity index (χ0v) is 17.7. The highest BCUT2D eigenvalue weighted by Gasteiger charge is 2.27. The van der Waals surface area contributed by atoms with Gasteiger partial charge in [0.15, 0.2) is 11.5 Å². The second-order valence-electron chi connectivity index (χ2n) is 6.81. The fraction of sp³-hybridized carbons (Fsp3) is 0.368. The standard InChI is InChI=1S/C19H22N6O5S/c1-2-25-15-4-3-13(31(27,28)24-7-9-29-10-8-24)11-14(15)23-16(25)12-30-19(26)17-18(20)22-6-5-21-17/h3-6,11H,2,7-10,12H2,1H3,(H2,20,22). The lowest BCUT2D eigenvalue weighted by Gasteiger charge is -2.26. The number of sulfonamides is 1. The number of benzene rings is 1. The normalized spacial score (nSPS) is 15.3. The van der Waals surface area contributed by atoms with E-state index in [0.717, 1.165) is 5.52 Å². The number of aryl methyl sites for hydroxylation is 1. The van der Waals surface area contributed by atoms with Crippen LogP contribution in [0.5, 0.6) is 0 Å². The van der Waals surface area contributed by atoms with Crippen LogP contribution in [0, 0.1) is 0 Å². The highest BCUT2D eigenvalue weighted by molar-refractivity contribution is 7.89. The van der Waals surface area contributed by atoms with Crippen LogP contribution in [0.3, 0.4) is 0 Å². The number of anilines is 1. The Kier molecular flexibility index (Phi) is 5.85. The van der Waals surface area contributed by atoms with Gasteiger partial charge in [0.05, 0.1) is 29.1 Å². The second-order valence-corrected chi connectivity index (χ2v) is 8.74. The van der Waals surface area contributed by atoms with Gasteiger partial charge in [0, 0.05) is 32.0 Å². The van der Waals surface area contributed by atoms with Gasteiger partial charge < -0.3 is 19.8 Å². The number of aromatic nitrogens is 4. The fourth-order valence-corrected chi connectivity index (χ4v) is 4.85. The van der Waals surface area contributed by atoms with Crippen molar-refractivity contribution in [3.05, 3.63) is 42.1 Å². The Hall–Kier alpha value is -3.09. The molecule has 4 rings (SSSR count). The number of fused-ring (bicyclic) bond motifs is 1. The van der Waals surface area contributed by atoms with Crippen LogP contribution in [0.1, 0.15) is 23.2 Å². The number of hydrogen-bond donors (Lipinski definition) is 1. The molecule has 0 bridgehead atoms. The van der Waals surface area contributed by atoms with E-state index in [1.165, 1.54) is 22.8 Å². The van der Waals surface area contributed by atoms with Gasteiger partial charge in [0.2, 0.25) is 10.0 Å². The minimum absolute atomic E-state index is 0.0190. The first-order valence-electron chi connectivity index (χ1n) is 9.72. The molecule has 3 heterocycles. The van der Waals surface area contributed by atoms with Gasteiger partial charge in [-0.15, -0.1) is 0 Å². The quantitative estimate of drug-likeness (QED) is 0.544. The van der Waals surface area contributed by atoms with E-state index in [9.17, 15) is 13.2 Å². The Bertz CT molecular complexity index is 1220. The van der Waals surface area contributed by atoms with E-state index in [1.807, 2.05) is 11.5 Å². The zero-order chi connectivity index (χ0) is 22.0. The molecule has 3 aromatic rings. The molecular formula is C19H22N6O5S. The maximum absolute atomic E-state index is 12.9. The molecule has 0 spiro atoms. The molecule has 1 fully saturated rings. The van der Waals surface area contributed by atoms with Crippen LogP contribution in [0.4, 0.5) is 5.82 Å². The van der Waals surface area contributed by atoms with Crippen molar-refractivity contribution < 1.29 is 22.7 Å². The number of nitrogens with two attached hydrogens (primary N) is 1. The van der Waals surface area contributed by atoms with Crippen molar-refractivity contribution >= 4 is 32.8 Å². The van der Waals surface area contributed by atoms with Gasteiger partial charge in [-0.1, -0.05) is 0 Å². The fourth-order valence-electron chi connectivity index (χ4n) is 3.42. The van der Waals surface area contributed by atoms with Crippen LogP contribution in [0.2, 0.25) is 0 Å². The van der Waals surface area contributed by atoms with Crippen molar-refractivity contribution in [2.75, 3.05) is 32.0 Å². The lowest BCUT2D eigenvalue weighted by atomic mass is 10.3. The Morgan fingerprint density at radius 3 is 2.68 bits per heavy atom. The number of hydrogen-bond acceptors (Lipinski definition) is 9. The minimum atomic E-state index is -3.64. The largest absolute Gasteiger partial charge is 0.453 e. The third-order valence-electron chi connectivity index (χ3n) is 4.98. The molecule has 0 radical (unpaired) electrons. The monoisotopic (exact) mass is 446 g/mol. The van der Waals surface area contributed by atoms with Crippen LogP contribution < -0.4 is 5.73 Å². The summed E-state index contributed by atoms with van der Waals surface area (Å²) >= 11 is 0. The number of nitrogen functional groups attached to an aromatic ring is 1. The summed E-state index contributed by atoms with van der Waals surface area (Å²) < 4.78 is 39.7. The first-order valence-corrected chi connectivity index (χ1v) is 11.2. The number of imidazole rings is 1. The molecule has 11 nitrogen and oxygen atoms in total. The van der Waals surface area contributed by atoms with Crippen LogP contribution in [0.25, 0.3) is 11.0 Å². The Morgan fingerprint density at radius 1 is 1.23 bits per heavy atom. The van der Waals surface area contributed by atoms with Crippen LogP contribution in [-0.2, 0) is 32.6 Å². The summed E-state index contributed by atoms with van der Waals surface area (Å²) in [5.41, 5.74) is 6.84. The third kappa shape index (κ3) is 4.09. The molecule has 164 valence electrons. The van der Waals surface area contributed by atoms with E-state index in [1.54, 1.807) is 12.1 Å². The third-order valence-corrected chi connectivity index (χ3v) is 6.87. The molecule has 0 unspecified atom stereocenters. The van der Waals surface area contributed by atoms with Gasteiger partial charge in [-0.05, 0) is 25.1 Å². The Morgan fingerprint density at radius 2 is 1.97 bits per heavy atom. The number of rotatable bonds is 6. The summed E-state index contributed by atoms with van der Waals surface area (Å²) in [6, 6.07) is 4.82. The van der Waals surface area contributed by atoms with Crippen molar-refractivity contribution in [1.82, 2.24) is 23.8 Å². The lowest BCUT2D eigenvalue weighted by molar-refractivity contribution is 0.0452. The van der Waals surface area contributed by atoms with Crippen LogP contribution in [-0.4, -0.2) is 64.5 Å². The number of esters is 1. The summed E-state index contributed by atoms with van der Waals surface area (Å²) in [5, 5.41) is 0. The average Bonchev–Trinajstić information content (AvgIpc) is 3.15. The summed E-state index contributed by atoms with van der Waals surface area (Å²) in [5.74, 6) is -0.250. The van der Waals surface area contributed by atoms with Gasteiger partial charge in [0.1, 0.15) is 12.4 Å². The molecular weight excluding hydrogens is 424 g/mol. The van der Waals surface area contributed by atoms with E-state index in [0.29, 0.717) is 44.2 Å². The molecule has 12 heteroatoms. The van der Waals surface area contributed by atoms with Gasteiger partial charge >= 0.3 is 5.97 Å². The maximum atomic E-state index is 12.9. The van der Waals surface area contributed by atoms with E-state index in [4.69, 9.17) is 15.2 Å². The maximum Gasteiger partial charge on any atom is 0.361 e. The van der Waals surface area contributed by atoms with Gasteiger partial charge in [-0.2, -0.15) is 4.31 Å².